The molecule has 0 unspecified atom stereocenters. The molecule has 0 radical (unpaired) electrons. The van der Waals surface area contributed by atoms with E-state index in [4.69, 9.17) is 10.5 Å². The third-order valence-corrected chi connectivity index (χ3v) is 2.78. The van der Waals surface area contributed by atoms with Gasteiger partial charge in [0.1, 0.15) is 17.3 Å². The van der Waals surface area contributed by atoms with E-state index in [1.807, 2.05) is 24.3 Å². The highest BCUT2D eigenvalue weighted by atomic mass is 35.5. The van der Waals surface area contributed by atoms with Crippen LogP contribution < -0.4 is 15.8 Å². The van der Waals surface area contributed by atoms with Crippen LogP contribution in [0.3, 0.4) is 0 Å². The van der Waals surface area contributed by atoms with Crippen LogP contribution in [0.4, 0.5) is 5.82 Å². The monoisotopic (exact) mass is 296 g/mol. The Bertz CT molecular complexity index is 598. The number of carbonyl (C=O) groups excluding carboxylic acids is 1. The highest BCUT2D eigenvalue weighted by Gasteiger charge is 2.10. The predicted octanol–water partition coefficient (Wildman–Crippen LogP) is 1.56. The lowest BCUT2D eigenvalue weighted by molar-refractivity contribution is 0.0991. The molecule has 1 aromatic carbocycles. The van der Waals surface area contributed by atoms with Crippen molar-refractivity contribution in [2.45, 2.75) is 6.54 Å². The van der Waals surface area contributed by atoms with Gasteiger partial charge in [0.05, 0.1) is 7.11 Å². The molecule has 6 nitrogen and oxygen atoms in total. The van der Waals surface area contributed by atoms with Crippen molar-refractivity contribution >= 4 is 24.1 Å². The normalized spacial score (nSPS) is 9.70. The van der Waals surface area contributed by atoms with E-state index in [0.29, 0.717) is 18.1 Å². The van der Waals surface area contributed by atoms with Gasteiger partial charge in [0.15, 0.2) is 0 Å². The minimum absolute atomic E-state index is 0. The number of carbonyl (C=O) groups is 1. The summed E-state index contributed by atoms with van der Waals surface area (Å²) in [4.78, 5) is 11.1. The summed E-state index contributed by atoms with van der Waals surface area (Å²) < 4.78 is 6.71. The third kappa shape index (κ3) is 3.42. The Morgan fingerprint density at radius 3 is 2.75 bits per heavy atom. The second-order valence-electron chi connectivity index (χ2n) is 4.07. The minimum Gasteiger partial charge on any atom is -0.496 e. The molecule has 2 aromatic rings. The van der Waals surface area contributed by atoms with Crippen molar-refractivity contribution < 1.29 is 9.53 Å². The fourth-order valence-electron chi connectivity index (χ4n) is 1.82. The van der Waals surface area contributed by atoms with Gasteiger partial charge in [-0.2, -0.15) is 5.10 Å². The first-order valence-electron chi connectivity index (χ1n) is 5.81. The Morgan fingerprint density at radius 1 is 1.45 bits per heavy atom. The first-order chi connectivity index (χ1) is 9.11. The number of anilines is 1. The van der Waals surface area contributed by atoms with Crippen LogP contribution in [0.15, 0.2) is 30.3 Å². The highest BCUT2D eigenvalue weighted by Crippen LogP contribution is 2.18. The van der Waals surface area contributed by atoms with Gasteiger partial charge in [0.25, 0.3) is 5.91 Å². The summed E-state index contributed by atoms with van der Waals surface area (Å²) in [6.45, 7) is 0.555. The molecule has 0 saturated heterocycles. The first-order valence-corrected chi connectivity index (χ1v) is 5.81. The summed E-state index contributed by atoms with van der Waals surface area (Å²) in [6, 6.07) is 9.33. The molecule has 0 saturated carbocycles. The number of hydrogen-bond donors (Lipinski definition) is 2. The Hall–Kier alpha value is -2.21. The summed E-state index contributed by atoms with van der Waals surface area (Å²) in [5, 5.41) is 7.30. The standard InChI is InChI=1S/C13H16N4O2.ClH/c1-17-10(13(14)18)7-12(16-17)15-8-9-5-3-4-6-11(9)19-2;/h3-7H,8H2,1-2H3,(H2,14,18)(H,15,16);1H. The number of hydrogen-bond acceptors (Lipinski definition) is 4. The number of aromatic nitrogens is 2. The molecule has 0 fully saturated rings. The summed E-state index contributed by atoms with van der Waals surface area (Å²) in [5.74, 6) is 0.906. The van der Waals surface area contributed by atoms with Gasteiger partial charge in [-0.3, -0.25) is 9.48 Å². The molecule has 2 rings (SSSR count). The molecule has 3 N–H and O–H groups in total. The van der Waals surface area contributed by atoms with Crippen molar-refractivity contribution in [3.8, 4) is 5.75 Å². The molecule has 0 spiro atoms. The molecule has 0 atom stereocenters. The van der Waals surface area contributed by atoms with Crippen molar-refractivity contribution in [2.75, 3.05) is 12.4 Å². The number of ether oxygens (including phenoxy) is 1. The lowest BCUT2D eigenvalue weighted by Gasteiger charge is -2.08. The number of para-hydroxylation sites is 1. The number of halogens is 1. The topological polar surface area (TPSA) is 82.2 Å². The lowest BCUT2D eigenvalue weighted by atomic mass is 10.2. The summed E-state index contributed by atoms with van der Waals surface area (Å²) in [6.07, 6.45) is 0. The van der Waals surface area contributed by atoms with Gasteiger partial charge in [0, 0.05) is 25.2 Å². The van der Waals surface area contributed by atoms with Crippen molar-refractivity contribution in [3.05, 3.63) is 41.6 Å². The van der Waals surface area contributed by atoms with Crippen LogP contribution in [0.2, 0.25) is 0 Å². The molecule has 1 heterocycles. The van der Waals surface area contributed by atoms with Crippen molar-refractivity contribution in [1.29, 1.82) is 0 Å². The van der Waals surface area contributed by atoms with Crippen LogP contribution in [0.25, 0.3) is 0 Å². The van der Waals surface area contributed by atoms with Crippen molar-refractivity contribution in [3.63, 3.8) is 0 Å². The quantitative estimate of drug-likeness (QED) is 0.877. The van der Waals surface area contributed by atoms with Crippen LogP contribution in [-0.2, 0) is 13.6 Å². The maximum atomic E-state index is 11.1. The molecule has 0 bridgehead atoms. The maximum Gasteiger partial charge on any atom is 0.267 e. The predicted molar refractivity (Wildman–Crippen MR) is 79.3 cm³/mol. The van der Waals surface area contributed by atoms with Crippen molar-refractivity contribution in [2.24, 2.45) is 12.8 Å². The summed E-state index contributed by atoms with van der Waals surface area (Å²) in [5.41, 5.74) is 6.61. The van der Waals surface area contributed by atoms with Crippen molar-refractivity contribution in [1.82, 2.24) is 9.78 Å². The molecular formula is C13H17ClN4O2. The zero-order chi connectivity index (χ0) is 13.8. The molecule has 1 aromatic heterocycles. The first kappa shape index (κ1) is 15.8. The minimum atomic E-state index is -0.500. The van der Waals surface area contributed by atoms with E-state index in [1.165, 1.54) is 4.68 Å². The number of aryl methyl sites for hydroxylation is 1. The number of amides is 1. The van der Waals surface area contributed by atoms with Gasteiger partial charge < -0.3 is 15.8 Å². The average Bonchev–Trinajstić information content (AvgIpc) is 2.78. The Kier molecular flexibility index (Phi) is 5.40. The van der Waals surface area contributed by atoms with E-state index in [0.717, 1.165) is 11.3 Å². The van der Waals surface area contributed by atoms with Gasteiger partial charge in [0.2, 0.25) is 0 Å². The fourth-order valence-corrected chi connectivity index (χ4v) is 1.82. The molecule has 20 heavy (non-hydrogen) atoms. The van der Waals surface area contributed by atoms with Gasteiger partial charge in [-0.25, -0.2) is 0 Å². The molecule has 0 aliphatic rings. The van der Waals surface area contributed by atoms with Gasteiger partial charge >= 0.3 is 0 Å². The van der Waals surface area contributed by atoms with Crippen LogP contribution >= 0.6 is 12.4 Å². The molecule has 1 amide bonds. The van der Waals surface area contributed by atoms with Crippen LogP contribution in [-0.4, -0.2) is 22.8 Å². The number of primary amides is 1. The second kappa shape index (κ2) is 6.81. The van der Waals surface area contributed by atoms with E-state index < -0.39 is 5.91 Å². The van der Waals surface area contributed by atoms with E-state index in [1.54, 1.807) is 20.2 Å². The summed E-state index contributed by atoms with van der Waals surface area (Å²) in [7, 11) is 3.30. The van der Waals surface area contributed by atoms with E-state index in [9.17, 15) is 4.79 Å². The van der Waals surface area contributed by atoms with Gasteiger partial charge in [-0.1, -0.05) is 18.2 Å². The summed E-state index contributed by atoms with van der Waals surface area (Å²) >= 11 is 0. The fraction of sp³-hybridized carbons (Fsp3) is 0.231. The lowest BCUT2D eigenvalue weighted by Crippen LogP contribution is -2.15. The molecular weight excluding hydrogens is 280 g/mol. The van der Waals surface area contributed by atoms with Crippen LogP contribution in [0.5, 0.6) is 5.75 Å². The number of benzene rings is 1. The Balaban J connectivity index is 0.00000200. The van der Waals surface area contributed by atoms with Gasteiger partial charge in [-0.05, 0) is 6.07 Å². The number of nitrogens with two attached hydrogens (primary N) is 1. The second-order valence-corrected chi connectivity index (χ2v) is 4.07. The zero-order valence-corrected chi connectivity index (χ0v) is 12.1. The van der Waals surface area contributed by atoms with Crippen LogP contribution in [0, 0.1) is 0 Å². The number of nitrogens with one attached hydrogen (secondary N) is 1. The number of methoxy groups -OCH3 is 1. The Morgan fingerprint density at radius 2 is 2.15 bits per heavy atom. The Labute approximate surface area is 123 Å². The zero-order valence-electron chi connectivity index (χ0n) is 11.3. The van der Waals surface area contributed by atoms with Gasteiger partial charge in [-0.15, -0.1) is 12.4 Å². The number of nitrogens with zero attached hydrogens (tertiary/aromatic N) is 2. The van der Waals surface area contributed by atoms with E-state index >= 15 is 0 Å². The SMILES string of the molecule is COc1ccccc1CNc1cc(C(N)=O)n(C)n1.Cl. The highest BCUT2D eigenvalue weighted by molar-refractivity contribution is 5.91. The molecule has 0 aliphatic carbocycles. The van der Waals surface area contributed by atoms with E-state index in [-0.39, 0.29) is 12.4 Å². The maximum absolute atomic E-state index is 11.1. The largest absolute Gasteiger partial charge is 0.496 e. The third-order valence-electron chi connectivity index (χ3n) is 2.78. The van der Waals surface area contributed by atoms with Crippen LogP contribution in [0.1, 0.15) is 16.1 Å². The molecule has 0 aliphatic heterocycles. The molecule has 7 heteroatoms. The smallest absolute Gasteiger partial charge is 0.267 e. The molecule has 108 valence electrons. The average molecular weight is 297 g/mol. The number of rotatable bonds is 5. The van der Waals surface area contributed by atoms with E-state index in [2.05, 4.69) is 10.4 Å².